The molecule has 8 heteroatoms. The topological polar surface area (TPSA) is 107 Å². The molecule has 0 aromatic heterocycles. The first-order chi connectivity index (χ1) is 4.42. The van der Waals surface area contributed by atoms with E-state index in [1.807, 2.05) is 0 Å². The maximum absolute atomic E-state index is 10.1. The number of hydrogen-bond donors (Lipinski definition) is 4. The third kappa shape index (κ3) is 13.4. The Kier molecular flexibility index (Phi) is 7.55. The molecule has 0 aliphatic rings. The van der Waals surface area contributed by atoms with E-state index < -0.39 is 26.4 Å². The molecule has 0 unspecified atom stereocenters. The van der Waals surface area contributed by atoms with Crippen LogP contribution in [0.25, 0.3) is 0 Å². The van der Waals surface area contributed by atoms with Crippen molar-refractivity contribution in [1.82, 2.24) is 5.32 Å². The first-order valence-electron chi connectivity index (χ1n) is 2.39. The fourth-order valence-electron chi connectivity index (χ4n) is 0.308. The van der Waals surface area contributed by atoms with Gasteiger partial charge in [0, 0.05) is 0 Å². The van der Waals surface area contributed by atoms with Crippen LogP contribution in [0.15, 0.2) is 0 Å². The Bertz CT molecular complexity index is 167. The van der Waals surface area contributed by atoms with Crippen LogP contribution >= 0.6 is 7.60 Å². The fourth-order valence-corrected chi connectivity index (χ4v) is 0.712. The zero-order valence-electron chi connectivity index (χ0n) is 5.73. The van der Waals surface area contributed by atoms with E-state index in [1.54, 1.807) is 0 Å². The molecule has 0 aliphatic carbocycles. The molecule has 6 nitrogen and oxygen atoms in total. The SMILES string of the molecule is O=C(O)CNCP(=O)(O)O.[SnH2]. The standard InChI is InChI=1S/C3H8NO5P.Sn.2H/c5-3(6)1-4-2-10(7,8)9;;;/h4H,1-2H2,(H,5,6)(H2,7,8,9);;;. The van der Waals surface area contributed by atoms with Crippen molar-refractivity contribution in [3.8, 4) is 0 Å². The maximum atomic E-state index is 10.1. The van der Waals surface area contributed by atoms with E-state index >= 15 is 0 Å². The van der Waals surface area contributed by atoms with E-state index in [0.29, 0.717) is 0 Å². The summed E-state index contributed by atoms with van der Waals surface area (Å²) >= 11 is 0. The van der Waals surface area contributed by atoms with Crippen molar-refractivity contribution in [2.45, 2.75) is 0 Å². The Hall–Kier alpha value is 0.379. The predicted molar refractivity (Wildman–Crippen MR) is 41.1 cm³/mol. The summed E-state index contributed by atoms with van der Waals surface area (Å²) in [7, 11) is -4.10. The number of carboxylic acids is 1. The van der Waals surface area contributed by atoms with Gasteiger partial charge in [-0.3, -0.25) is 14.7 Å². The van der Waals surface area contributed by atoms with Crippen molar-refractivity contribution in [2.24, 2.45) is 0 Å². The van der Waals surface area contributed by atoms with E-state index in [9.17, 15) is 9.36 Å². The number of hydrogen-bond acceptors (Lipinski definition) is 3. The molecule has 0 amide bonds. The van der Waals surface area contributed by atoms with E-state index in [-0.39, 0.29) is 23.9 Å². The molecular formula is C3H10NO5PSn. The van der Waals surface area contributed by atoms with Gasteiger partial charge in [0.15, 0.2) is 0 Å². The van der Waals surface area contributed by atoms with Crippen LogP contribution in [0.4, 0.5) is 0 Å². The monoisotopic (exact) mass is 291 g/mol. The van der Waals surface area contributed by atoms with Crippen LogP contribution in [-0.2, 0) is 9.36 Å². The summed E-state index contributed by atoms with van der Waals surface area (Å²) in [5.41, 5.74) is 0. The molecule has 0 aromatic carbocycles. The van der Waals surface area contributed by atoms with Crippen molar-refractivity contribution < 1.29 is 24.3 Å². The van der Waals surface area contributed by atoms with Gasteiger partial charge in [0.05, 0.1) is 12.8 Å². The van der Waals surface area contributed by atoms with E-state index in [2.05, 4.69) is 5.32 Å². The molecular weight excluding hydrogens is 280 g/mol. The average Bonchev–Trinajstić information content (AvgIpc) is 1.59. The number of rotatable bonds is 4. The van der Waals surface area contributed by atoms with Gasteiger partial charge in [0.1, 0.15) is 0 Å². The molecule has 2 radical (unpaired) electrons. The van der Waals surface area contributed by atoms with E-state index in [4.69, 9.17) is 14.9 Å². The Morgan fingerprint density at radius 3 is 2.18 bits per heavy atom. The van der Waals surface area contributed by atoms with Crippen molar-refractivity contribution in [1.29, 1.82) is 0 Å². The van der Waals surface area contributed by atoms with Crippen LogP contribution in [0.1, 0.15) is 0 Å². The van der Waals surface area contributed by atoms with E-state index in [1.165, 1.54) is 0 Å². The van der Waals surface area contributed by atoms with Crippen molar-refractivity contribution in [3.63, 3.8) is 0 Å². The van der Waals surface area contributed by atoms with Gasteiger partial charge in [-0.25, -0.2) is 0 Å². The van der Waals surface area contributed by atoms with Crippen LogP contribution in [0.5, 0.6) is 0 Å². The van der Waals surface area contributed by atoms with Crippen LogP contribution in [0, 0.1) is 0 Å². The van der Waals surface area contributed by atoms with Gasteiger partial charge in [0.2, 0.25) is 0 Å². The number of nitrogens with one attached hydrogen (secondary N) is 1. The summed E-state index contributed by atoms with van der Waals surface area (Å²) < 4.78 is 10.1. The summed E-state index contributed by atoms with van der Waals surface area (Å²) in [6.45, 7) is -0.439. The second-order valence-electron chi connectivity index (χ2n) is 1.64. The molecule has 0 saturated heterocycles. The van der Waals surface area contributed by atoms with Crippen LogP contribution < -0.4 is 5.32 Å². The zero-order valence-corrected chi connectivity index (χ0v) is 10.7. The Morgan fingerprint density at radius 1 is 1.45 bits per heavy atom. The summed E-state index contributed by atoms with van der Waals surface area (Å²) in [6.07, 6.45) is -0.598. The third-order valence-electron chi connectivity index (χ3n) is 0.594. The molecule has 66 valence electrons. The van der Waals surface area contributed by atoms with E-state index in [0.717, 1.165) is 0 Å². The Balaban J connectivity index is 0. The Labute approximate surface area is 80.1 Å². The first-order valence-corrected chi connectivity index (χ1v) is 4.18. The molecule has 0 spiro atoms. The second-order valence-corrected chi connectivity index (χ2v) is 3.29. The molecule has 0 fully saturated rings. The van der Waals surface area contributed by atoms with Crippen LogP contribution in [-0.4, -0.2) is 57.6 Å². The summed E-state index contributed by atoms with van der Waals surface area (Å²) in [6, 6.07) is 0. The molecule has 0 saturated carbocycles. The van der Waals surface area contributed by atoms with Crippen molar-refractivity contribution in [3.05, 3.63) is 0 Å². The van der Waals surface area contributed by atoms with Gasteiger partial charge >= 0.3 is 37.5 Å². The normalized spacial score (nSPS) is 10.4. The molecule has 11 heavy (non-hydrogen) atoms. The Morgan fingerprint density at radius 2 is 1.91 bits per heavy atom. The molecule has 0 aliphatic heterocycles. The minimum absolute atomic E-state index is 0. The number of carboxylic acid groups (broad SMARTS) is 1. The number of carbonyl (C=O) groups is 1. The van der Waals surface area contributed by atoms with Crippen LogP contribution in [0.2, 0.25) is 0 Å². The summed E-state index contributed by atoms with van der Waals surface area (Å²) in [5, 5.41) is 10.1. The second kappa shape index (κ2) is 5.96. The van der Waals surface area contributed by atoms with Crippen molar-refractivity contribution in [2.75, 3.05) is 12.8 Å². The van der Waals surface area contributed by atoms with Gasteiger partial charge < -0.3 is 14.9 Å². The van der Waals surface area contributed by atoms with Gasteiger partial charge in [-0.1, -0.05) is 0 Å². The quantitative estimate of drug-likeness (QED) is 0.348. The average molecular weight is 290 g/mol. The minimum atomic E-state index is -4.10. The molecule has 0 rings (SSSR count). The summed E-state index contributed by atoms with van der Waals surface area (Å²) in [4.78, 5) is 26.1. The fraction of sp³-hybridized carbons (Fsp3) is 0.667. The zero-order chi connectivity index (χ0) is 8.20. The summed E-state index contributed by atoms with van der Waals surface area (Å²) in [5.74, 6) is -1.14. The predicted octanol–water partition coefficient (Wildman–Crippen LogP) is -2.12. The molecule has 0 atom stereocenters. The van der Waals surface area contributed by atoms with Crippen molar-refractivity contribution >= 4 is 37.5 Å². The molecule has 0 aromatic rings. The van der Waals surface area contributed by atoms with Gasteiger partial charge in [-0.05, 0) is 0 Å². The molecule has 0 heterocycles. The van der Waals surface area contributed by atoms with Gasteiger partial charge in [-0.15, -0.1) is 0 Å². The number of aliphatic carboxylic acids is 1. The molecule has 4 N–H and O–H groups in total. The van der Waals surface area contributed by atoms with Crippen LogP contribution in [0.3, 0.4) is 0 Å². The van der Waals surface area contributed by atoms with Gasteiger partial charge in [0.25, 0.3) is 0 Å². The first kappa shape index (κ1) is 13.9. The van der Waals surface area contributed by atoms with Gasteiger partial charge in [-0.2, -0.15) is 0 Å². The molecule has 0 bridgehead atoms. The third-order valence-corrected chi connectivity index (χ3v) is 1.23.